The average Bonchev–Trinajstić information content (AvgIpc) is 3.17. The number of rotatable bonds is 8. The number of anilines is 2. The normalized spacial score (nSPS) is 13.9. The zero-order chi connectivity index (χ0) is 25.1. The molecule has 2 N–H and O–H groups in total. The molecule has 0 atom stereocenters. The zero-order valence-electron chi connectivity index (χ0n) is 20.0. The van der Waals surface area contributed by atoms with Crippen molar-refractivity contribution in [2.24, 2.45) is 0 Å². The van der Waals surface area contributed by atoms with Crippen LogP contribution in [0.25, 0.3) is 22.5 Å². The van der Waals surface area contributed by atoms with Gasteiger partial charge in [0.2, 0.25) is 0 Å². The summed E-state index contributed by atoms with van der Waals surface area (Å²) in [4.78, 5) is 15.1. The van der Waals surface area contributed by atoms with E-state index in [9.17, 15) is 14.3 Å². The van der Waals surface area contributed by atoms with Crippen molar-refractivity contribution < 1.29 is 19.0 Å². The highest BCUT2D eigenvalue weighted by molar-refractivity contribution is 6.38. The maximum absolute atomic E-state index is 14.2. The number of carbonyl (C=O) groups excluding carboxylic acids is 1. The number of aliphatic hydroxyl groups excluding tert-OH is 1. The van der Waals surface area contributed by atoms with Crippen molar-refractivity contribution in [2.45, 2.75) is 26.7 Å². The minimum absolute atomic E-state index is 0.0526. The van der Waals surface area contributed by atoms with Gasteiger partial charge < -0.3 is 20.1 Å². The van der Waals surface area contributed by atoms with Gasteiger partial charge in [0.15, 0.2) is 11.6 Å². The topological polar surface area (TPSA) is 61.8 Å². The van der Waals surface area contributed by atoms with Gasteiger partial charge in [0.25, 0.3) is 5.91 Å². The highest BCUT2D eigenvalue weighted by Crippen LogP contribution is 2.42. The molecule has 0 aliphatic carbocycles. The van der Waals surface area contributed by atoms with E-state index in [-0.39, 0.29) is 22.6 Å². The van der Waals surface area contributed by atoms with Crippen LogP contribution in [0.5, 0.6) is 5.75 Å². The number of nitrogens with one attached hydrogen (secondary N) is 1. The summed E-state index contributed by atoms with van der Waals surface area (Å²) in [6.45, 7) is 6.30. The molecule has 5 nitrogen and oxygen atoms in total. The molecule has 1 aliphatic heterocycles. The summed E-state index contributed by atoms with van der Waals surface area (Å²) in [7, 11) is 1.36. The summed E-state index contributed by atoms with van der Waals surface area (Å²) in [5.74, 6) is -1.38. The number of amides is 1. The van der Waals surface area contributed by atoms with Gasteiger partial charge in [0, 0.05) is 35.5 Å². The molecule has 4 rings (SSSR count). The van der Waals surface area contributed by atoms with Gasteiger partial charge in [-0.1, -0.05) is 37.6 Å². The van der Waals surface area contributed by atoms with E-state index in [2.05, 4.69) is 36.2 Å². The lowest BCUT2D eigenvalue weighted by molar-refractivity contribution is -0.110. The summed E-state index contributed by atoms with van der Waals surface area (Å²) < 4.78 is 19.2. The number of halogens is 2. The molecule has 1 heterocycles. The van der Waals surface area contributed by atoms with Crippen LogP contribution in [0.4, 0.5) is 15.8 Å². The van der Waals surface area contributed by atoms with E-state index in [4.69, 9.17) is 16.3 Å². The Bertz CT molecular complexity index is 1280. The molecule has 7 heteroatoms. The van der Waals surface area contributed by atoms with Crippen molar-refractivity contribution in [1.82, 2.24) is 0 Å². The van der Waals surface area contributed by atoms with Crippen molar-refractivity contribution in [2.75, 3.05) is 30.4 Å². The summed E-state index contributed by atoms with van der Waals surface area (Å²) in [6.07, 6.45) is 2.13. The Labute approximate surface area is 209 Å². The highest BCUT2D eigenvalue weighted by atomic mass is 35.5. The summed E-state index contributed by atoms with van der Waals surface area (Å²) in [5.41, 5.74) is 4.01. The Kier molecular flexibility index (Phi) is 7.31. The van der Waals surface area contributed by atoms with E-state index < -0.39 is 11.7 Å². The van der Waals surface area contributed by atoms with E-state index >= 15 is 0 Å². The fourth-order valence-electron chi connectivity index (χ4n) is 4.37. The lowest BCUT2D eigenvalue weighted by atomic mass is 9.97. The number of methoxy groups -OCH3 is 1. The summed E-state index contributed by atoms with van der Waals surface area (Å²) >= 11 is 6.59. The number of hydrogen-bond acceptors (Lipinski definition) is 4. The van der Waals surface area contributed by atoms with E-state index in [1.807, 2.05) is 12.1 Å². The second-order valence-corrected chi connectivity index (χ2v) is 8.85. The quantitative estimate of drug-likeness (QED) is 0.257. The molecule has 3 aromatic rings. The fourth-order valence-corrected chi connectivity index (χ4v) is 4.64. The molecule has 3 aromatic carbocycles. The van der Waals surface area contributed by atoms with Crippen molar-refractivity contribution in [3.63, 3.8) is 0 Å². The molecule has 0 saturated carbocycles. The number of ether oxygens (including phenoxy) is 1. The predicted octanol–water partition coefficient (Wildman–Crippen LogP) is 7.16. The van der Waals surface area contributed by atoms with E-state index in [0.29, 0.717) is 16.3 Å². The first-order chi connectivity index (χ1) is 16.9. The molecule has 182 valence electrons. The maximum atomic E-state index is 14.2. The van der Waals surface area contributed by atoms with Gasteiger partial charge in [-0.3, -0.25) is 4.79 Å². The summed E-state index contributed by atoms with van der Waals surface area (Å²) in [6, 6.07) is 15.7. The van der Waals surface area contributed by atoms with Crippen molar-refractivity contribution >= 4 is 40.2 Å². The summed E-state index contributed by atoms with van der Waals surface area (Å²) in [5, 5.41) is 14.1. The van der Waals surface area contributed by atoms with Gasteiger partial charge in [-0.05, 0) is 60.9 Å². The molecule has 0 spiro atoms. The van der Waals surface area contributed by atoms with Crippen LogP contribution in [0, 0.1) is 5.82 Å². The molecule has 0 unspecified atom stereocenters. The fraction of sp³-hybridized carbons (Fsp3) is 0.250. The average molecular weight is 495 g/mol. The second-order valence-electron chi connectivity index (χ2n) is 8.44. The number of fused-ring (bicyclic) bond motifs is 1. The number of aliphatic hydroxyl groups is 1. The number of hydrogen-bond donors (Lipinski definition) is 2. The predicted molar refractivity (Wildman–Crippen MR) is 141 cm³/mol. The molecule has 1 aliphatic rings. The largest absolute Gasteiger partial charge is 0.506 e. The van der Waals surface area contributed by atoms with Crippen LogP contribution in [0.3, 0.4) is 0 Å². The minimum atomic E-state index is -0.632. The molecular weight excluding hydrogens is 467 g/mol. The third-order valence-electron chi connectivity index (χ3n) is 6.04. The Morgan fingerprint density at radius 3 is 2.31 bits per heavy atom. The van der Waals surface area contributed by atoms with Crippen LogP contribution in [-0.4, -0.2) is 31.2 Å². The van der Waals surface area contributed by atoms with Crippen molar-refractivity contribution in [1.29, 1.82) is 0 Å². The molecule has 0 fully saturated rings. The van der Waals surface area contributed by atoms with E-state index in [0.717, 1.165) is 48.8 Å². The molecule has 0 aromatic heterocycles. The number of benzene rings is 3. The molecule has 35 heavy (non-hydrogen) atoms. The van der Waals surface area contributed by atoms with Crippen LogP contribution in [0.15, 0.2) is 54.6 Å². The first kappa shape index (κ1) is 24.6. The first-order valence-electron chi connectivity index (χ1n) is 11.7. The molecule has 0 radical (unpaired) electrons. The van der Waals surface area contributed by atoms with Crippen LogP contribution in [-0.2, 0) is 4.79 Å². The second kappa shape index (κ2) is 10.4. The smallest absolute Gasteiger partial charge is 0.260 e. The first-order valence-corrected chi connectivity index (χ1v) is 12.0. The van der Waals surface area contributed by atoms with Gasteiger partial charge in [0.05, 0.1) is 23.4 Å². The van der Waals surface area contributed by atoms with Gasteiger partial charge in [-0.15, -0.1) is 0 Å². The molecule has 0 saturated heterocycles. The van der Waals surface area contributed by atoms with Crippen LogP contribution < -0.4 is 15.0 Å². The number of carbonyl (C=O) groups is 1. The standard InChI is InChI=1S/C28H28ClFN2O3/c1-4-12-32(13-5-2)19-9-6-17(7-10-19)20-15-21-24(16-22(20)29)31-28(34)26(21)27(33)18-8-11-25(35-3)23(30)14-18/h6-11,14-16,33H,4-5,12-13H2,1-3H3,(H,31,34)/b27-26+. The molecule has 1 amide bonds. The molecular formula is C28H28ClFN2O3. The third kappa shape index (κ3) is 4.84. The van der Waals surface area contributed by atoms with E-state index in [1.54, 1.807) is 12.1 Å². The van der Waals surface area contributed by atoms with Gasteiger partial charge in [-0.2, -0.15) is 0 Å². The Balaban J connectivity index is 1.75. The van der Waals surface area contributed by atoms with Crippen molar-refractivity contribution in [3.8, 4) is 16.9 Å². The van der Waals surface area contributed by atoms with E-state index in [1.165, 1.54) is 19.2 Å². The zero-order valence-corrected chi connectivity index (χ0v) is 20.7. The molecule has 0 bridgehead atoms. The van der Waals surface area contributed by atoms with Gasteiger partial charge >= 0.3 is 0 Å². The van der Waals surface area contributed by atoms with Crippen molar-refractivity contribution in [3.05, 3.63) is 76.6 Å². The maximum Gasteiger partial charge on any atom is 0.260 e. The Hall–Kier alpha value is -3.51. The highest BCUT2D eigenvalue weighted by Gasteiger charge is 2.30. The van der Waals surface area contributed by atoms with Crippen LogP contribution >= 0.6 is 11.6 Å². The Morgan fingerprint density at radius 2 is 1.71 bits per heavy atom. The lowest BCUT2D eigenvalue weighted by Crippen LogP contribution is -2.24. The third-order valence-corrected chi connectivity index (χ3v) is 6.36. The number of nitrogens with zero attached hydrogens (tertiary/aromatic N) is 1. The monoisotopic (exact) mass is 494 g/mol. The van der Waals surface area contributed by atoms with Gasteiger partial charge in [0.1, 0.15) is 5.76 Å². The van der Waals surface area contributed by atoms with Crippen LogP contribution in [0.2, 0.25) is 5.02 Å². The Morgan fingerprint density at radius 1 is 1.03 bits per heavy atom. The van der Waals surface area contributed by atoms with Crippen LogP contribution in [0.1, 0.15) is 37.8 Å². The SMILES string of the molecule is CCCN(CCC)c1ccc(-c2cc3c(cc2Cl)NC(=O)/C3=C(/O)c2ccc(OC)c(F)c2)cc1. The minimum Gasteiger partial charge on any atom is -0.506 e. The lowest BCUT2D eigenvalue weighted by Gasteiger charge is -2.24. The van der Waals surface area contributed by atoms with Gasteiger partial charge in [-0.25, -0.2) is 4.39 Å².